The van der Waals surface area contributed by atoms with E-state index >= 15 is 0 Å². The first-order chi connectivity index (χ1) is 8.22. The molecule has 1 aliphatic heterocycles. The fourth-order valence-electron chi connectivity index (χ4n) is 1.82. The molecule has 2 atom stereocenters. The molecule has 94 valence electrons. The second-order valence-corrected chi connectivity index (χ2v) is 5.76. The molecule has 1 aliphatic rings. The SMILES string of the molecule is CCC(N)C(SC1COC1)c1ccccc1F. The molecule has 1 aromatic rings. The van der Waals surface area contributed by atoms with E-state index in [1.807, 2.05) is 19.1 Å². The van der Waals surface area contributed by atoms with Gasteiger partial charge in [-0.25, -0.2) is 4.39 Å². The first-order valence-electron chi connectivity index (χ1n) is 5.95. The summed E-state index contributed by atoms with van der Waals surface area (Å²) in [5.41, 5.74) is 6.84. The Morgan fingerprint density at radius 2 is 2.18 bits per heavy atom. The maximum atomic E-state index is 13.8. The van der Waals surface area contributed by atoms with Gasteiger partial charge >= 0.3 is 0 Å². The topological polar surface area (TPSA) is 35.2 Å². The van der Waals surface area contributed by atoms with Crippen LogP contribution in [0.1, 0.15) is 24.2 Å². The van der Waals surface area contributed by atoms with E-state index in [2.05, 4.69) is 0 Å². The van der Waals surface area contributed by atoms with Gasteiger partial charge in [0.2, 0.25) is 0 Å². The Kier molecular flexibility index (Phi) is 4.42. The highest BCUT2D eigenvalue weighted by molar-refractivity contribution is 8.00. The van der Waals surface area contributed by atoms with Crippen LogP contribution in [0.5, 0.6) is 0 Å². The van der Waals surface area contributed by atoms with Crippen LogP contribution in [0.25, 0.3) is 0 Å². The van der Waals surface area contributed by atoms with E-state index in [1.165, 1.54) is 6.07 Å². The van der Waals surface area contributed by atoms with Gasteiger partial charge in [0.15, 0.2) is 0 Å². The molecule has 2 nitrogen and oxygen atoms in total. The fraction of sp³-hybridized carbons (Fsp3) is 0.538. The molecule has 0 aromatic heterocycles. The number of ether oxygens (including phenoxy) is 1. The van der Waals surface area contributed by atoms with Gasteiger partial charge in [0.25, 0.3) is 0 Å². The van der Waals surface area contributed by atoms with Gasteiger partial charge in [0, 0.05) is 16.9 Å². The van der Waals surface area contributed by atoms with Gasteiger partial charge in [0.05, 0.1) is 18.5 Å². The first-order valence-corrected chi connectivity index (χ1v) is 6.90. The second-order valence-electron chi connectivity index (χ2n) is 4.31. The highest BCUT2D eigenvalue weighted by Gasteiger charge is 2.29. The van der Waals surface area contributed by atoms with Gasteiger partial charge in [-0.15, -0.1) is 11.8 Å². The summed E-state index contributed by atoms with van der Waals surface area (Å²) in [4.78, 5) is 0. The van der Waals surface area contributed by atoms with Crippen molar-refractivity contribution in [2.75, 3.05) is 13.2 Å². The van der Waals surface area contributed by atoms with Gasteiger partial charge < -0.3 is 10.5 Å². The molecule has 2 unspecified atom stereocenters. The Morgan fingerprint density at radius 1 is 1.47 bits per heavy atom. The lowest BCUT2D eigenvalue weighted by atomic mass is 10.0. The molecule has 2 rings (SSSR count). The molecule has 1 saturated heterocycles. The van der Waals surface area contributed by atoms with Crippen molar-refractivity contribution in [3.8, 4) is 0 Å². The molecule has 0 amide bonds. The number of nitrogens with two attached hydrogens (primary N) is 1. The van der Waals surface area contributed by atoms with Crippen molar-refractivity contribution >= 4 is 11.8 Å². The molecule has 4 heteroatoms. The van der Waals surface area contributed by atoms with Crippen molar-refractivity contribution in [1.29, 1.82) is 0 Å². The summed E-state index contributed by atoms with van der Waals surface area (Å²) in [5.74, 6) is -0.158. The summed E-state index contributed by atoms with van der Waals surface area (Å²) in [6.45, 7) is 3.55. The summed E-state index contributed by atoms with van der Waals surface area (Å²) in [7, 11) is 0. The maximum Gasteiger partial charge on any atom is 0.127 e. The molecule has 2 N–H and O–H groups in total. The molecule has 1 fully saturated rings. The van der Waals surface area contributed by atoms with Gasteiger partial charge in [0.1, 0.15) is 5.82 Å². The van der Waals surface area contributed by atoms with Crippen LogP contribution in [-0.4, -0.2) is 24.5 Å². The molecular weight excluding hydrogens is 237 g/mol. The molecule has 0 aliphatic carbocycles. The predicted octanol–water partition coefficient (Wildman–Crippen LogP) is 2.74. The first kappa shape index (κ1) is 12.9. The number of halogens is 1. The molecule has 0 radical (unpaired) electrons. The Morgan fingerprint density at radius 3 is 2.71 bits per heavy atom. The number of benzene rings is 1. The Hall–Kier alpha value is -0.580. The Bertz CT molecular complexity index is 370. The summed E-state index contributed by atoms with van der Waals surface area (Å²) in [5, 5.41) is 0.479. The monoisotopic (exact) mass is 255 g/mol. The molecule has 0 saturated carbocycles. The van der Waals surface area contributed by atoms with E-state index in [1.54, 1.807) is 17.8 Å². The lowest BCUT2D eigenvalue weighted by Gasteiger charge is -2.32. The maximum absolute atomic E-state index is 13.8. The van der Waals surface area contributed by atoms with Crippen LogP contribution < -0.4 is 5.73 Å². The van der Waals surface area contributed by atoms with Gasteiger partial charge in [-0.1, -0.05) is 25.1 Å². The fourth-order valence-corrected chi connectivity index (χ4v) is 3.32. The van der Waals surface area contributed by atoms with E-state index in [9.17, 15) is 4.39 Å². The minimum absolute atomic E-state index is 0.0162. The standard InChI is InChI=1S/C13H18FNOS/c1-2-12(15)13(17-9-7-16-8-9)10-5-3-4-6-11(10)14/h3-6,9,12-13H,2,7-8,15H2,1H3. The quantitative estimate of drug-likeness (QED) is 0.878. The number of thioether (sulfide) groups is 1. The molecule has 17 heavy (non-hydrogen) atoms. The van der Waals surface area contributed by atoms with Crippen LogP contribution in [0.2, 0.25) is 0 Å². The van der Waals surface area contributed by atoms with Crippen LogP contribution in [-0.2, 0) is 4.74 Å². The molecule has 0 bridgehead atoms. The van der Waals surface area contributed by atoms with E-state index in [0.717, 1.165) is 25.2 Å². The zero-order valence-corrected chi connectivity index (χ0v) is 10.8. The lowest BCUT2D eigenvalue weighted by Crippen LogP contribution is -2.35. The summed E-state index contributed by atoms with van der Waals surface area (Å²) in [6.07, 6.45) is 0.847. The third kappa shape index (κ3) is 3.00. The smallest absolute Gasteiger partial charge is 0.127 e. The largest absolute Gasteiger partial charge is 0.379 e. The average molecular weight is 255 g/mol. The normalized spacial score (nSPS) is 19.7. The van der Waals surface area contributed by atoms with Crippen molar-refractivity contribution < 1.29 is 9.13 Å². The highest BCUT2D eigenvalue weighted by atomic mass is 32.2. The second kappa shape index (κ2) is 5.85. The zero-order chi connectivity index (χ0) is 12.3. The number of rotatable bonds is 5. The predicted molar refractivity (Wildman–Crippen MR) is 69.6 cm³/mol. The number of hydrogen-bond donors (Lipinski definition) is 1. The van der Waals surface area contributed by atoms with Crippen LogP contribution in [0.15, 0.2) is 24.3 Å². The van der Waals surface area contributed by atoms with E-state index in [4.69, 9.17) is 10.5 Å². The van der Waals surface area contributed by atoms with Crippen LogP contribution in [0.4, 0.5) is 4.39 Å². The average Bonchev–Trinajstić information content (AvgIpc) is 2.29. The summed E-state index contributed by atoms with van der Waals surface area (Å²) in [6, 6.07) is 6.90. The van der Waals surface area contributed by atoms with Crippen LogP contribution >= 0.6 is 11.8 Å². The van der Waals surface area contributed by atoms with Crippen molar-refractivity contribution in [3.63, 3.8) is 0 Å². The molecule has 1 aromatic carbocycles. The van der Waals surface area contributed by atoms with E-state index < -0.39 is 0 Å². The highest BCUT2D eigenvalue weighted by Crippen LogP contribution is 2.38. The van der Waals surface area contributed by atoms with Crippen molar-refractivity contribution in [3.05, 3.63) is 35.6 Å². The number of hydrogen-bond acceptors (Lipinski definition) is 3. The molecular formula is C13H18FNOS. The van der Waals surface area contributed by atoms with Crippen molar-refractivity contribution in [2.45, 2.75) is 29.9 Å². The van der Waals surface area contributed by atoms with Gasteiger partial charge in [-0.2, -0.15) is 0 Å². The Balaban J connectivity index is 2.16. The van der Waals surface area contributed by atoms with Gasteiger partial charge in [-0.3, -0.25) is 0 Å². The third-order valence-corrected chi connectivity index (χ3v) is 4.57. The van der Waals surface area contributed by atoms with Gasteiger partial charge in [-0.05, 0) is 12.5 Å². The van der Waals surface area contributed by atoms with E-state index in [0.29, 0.717) is 5.25 Å². The van der Waals surface area contributed by atoms with Crippen molar-refractivity contribution in [2.24, 2.45) is 5.73 Å². The minimum Gasteiger partial charge on any atom is -0.379 e. The molecule has 1 heterocycles. The summed E-state index contributed by atoms with van der Waals surface area (Å²) >= 11 is 1.74. The zero-order valence-electron chi connectivity index (χ0n) is 9.93. The lowest BCUT2D eigenvalue weighted by molar-refractivity contribution is 0.0452. The minimum atomic E-state index is -0.158. The molecule has 0 spiro atoms. The third-order valence-electron chi connectivity index (χ3n) is 3.02. The summed E-state index contributed by atoms with van der Waals surface area (Å²) < 4.78 is 19.0. The van der Waals surface area contributed by atoms with Crippen LogP contribution in [0.3, 0.4) is 0 Å². The van der Waals surface area contributed by atoms with Crippen molar-refractivity contribution in [1.82, 2.24) is 0 Å². The van der Waals surface area contributed by atoms with E-state index in [-0.39, 0.29) is 17.1 Å². The van der Waals surface area contributed by atoms with Crippen LogP contribution in [0, 0.1) is 5.82 Å². The Labute approximate surface area is 106 Å².